The summed E-state index contributed by atoms with van der Waals surface area (Å²) in [6.45, 7) is 2.52. The Kier molecular flexibility index (Phi) is 2.76. The standard InChI is InChI=1S/C15H22N2O2/c1-15-8-10(9-18)16(2)14(15)17(3)13-6-5-11(19-4)7-12(13)15/h5-7,10,14,18H,8-9H2,1-4H3/t10-,14+,15-/m0/s1. The normalized spacial score (nSPS) is 33.4. The number of hydrogen-bond donors (Lipinski definition) is 1. The second-order valence-corrected chi connectivity index (χ2v) is 5.99. The molecule has 0 unspecified atom stereocenters. The molecule has 4 nitrogen and oxygen atoms in total. The van der Waals surface area contributed by atoms with Crippen LogP contribution in [0.3, 0.4) is 0 Å². The maximum absolute atomic E-state index is 9.56. The molecule has 2 aliphatic heterocycles. The summed E-state index contributed by atoms with van der Waals surface area (Å²) in [5.41, 5.74) is 2.67. The van der Waals surface area contributed by atoms with E-state index in [1.807, 2.05) is 6.07 Å². The minimum Gasteiger partial charge on any atom is -0.497 e. The fourth-order valence-corrected chi connectivity index (χ4v) is 4.07. The van der Waals surface area contributed by atoms with Crippen molar-refractivity contribution in [3.63, 3.8) is 0 Å². The van der Waals surface area contributed by atoms with Crippen molar-refractivity contribution in [3.05, 3.63) is 23.8 Å². The Morgan fingerprint density at radius 3 is 2.79 bits per heavy atom. The molecule has 0 aromatic heterocycles. The van der Waals surface area contributed by atoms with Crippen molar-refractivity contribution >= 4 is 5.69 Å². The van der Waals surface area contributed by atoms with Crippen LogP contribution >= 0.6 is 0 Å². The Hall–Kier alpha value is -1.26. The van der Waals surface area contributed by atoms with E-state index >= 15 is 0 Å². The quantitative estimate of drug-likeness (QED) is 0.874. The van der Waals surface area contributed by atoms with Crippen LogP contribution in [-0.4, -0.2) is 50.0 Å². The van der Waals surface area contributed by atoms with Gasteiger partial charge in [-0.3, -0.25) is 4.90 Å². The zero-order chi connectivity index (χ0) is 13.8. The third-order valence-electron chi connectivity index (χ3n) is 4.97. The van der Waals surface area contributed by atoms with Crippen LogP contribution in [-0.2, 0) is 5.41 Å². The van der Waals surface area contributed by atoms with Crippen molar-refractivity contribution in [2.45, 2.75) is 31.0 Å². The number of benzene rings is 1. The summed E-state index contributed by atoms with van der Waals surface area (Å²) in [5.74, 6) is 0.907. The predicted octanol–water partition coefficient (Wildman–Crippen LogP) is 1.43. The number of nitrogens with zero attached hydrogens (tertiary/aromatic N) is 2. The second-order valence-electron chi connectivity index (χ2n) is 5.99. The summed E-state index contributed by atoms with van der Waals surface area (Å²) in [5, 5.41) is 9.56. The molecule has 0 spiro atoms. The van der Waals surface area contributed by atoms with Gasteiger partial charge in [-0.2, -0.15) is 0 Å². The van der Waals surface area contributed by atoms with Crippen LogP contribution in [0.5, 0.6) is 5.75 Å². The molecule has 0 aliphatic carbocycles. The highest BCUT2D eigenvalue weighted by Crippen LogP contribution is 2.53. The minimum absolute atomic E-state index is 0.0563. The van der Waals surface area contributed by atoms with Crippen LogP contribution in [0, 0.1) is 0 Å². The number of aliphatic hydroxyl groups is 1. The maximum atomic E-state index is 9.56. The van der Waals surface area contributed by atoms with E-state index in [0.29, 0.717) is 6.17 Å². The molecule has 1 aromatic rings. The molecule has 0 radical (unpaired) electrons. The van der Waals surface area contributed by atoms with Crippen LogP contribution in [0.1, 0.15) is 18.9 Å². The van der Waals surface area contributed by atoms with Gasteiger partial charge in [-0.15, -0.1) is 0 Å². The van der Waals surface area contributed by atoms with Gasteiger partial charge in [0.2, 0.25) is 0 Å². The molecule has 4 heteroatoms. The lowest BCUT2D eigenvalue weighted by Crippen LogP contribution is -2.47. The van der Waals surface area contributed by atoms with E-state index in [9.17, 15) is 5.11 Å². The van der Waals surface area contributed by atoms with Gasteiger partial charge >= 0.3 is 0 Å². The molecule has 3 rings (SSSR count). The molecule has 104 valence electrons. The van der Waals surface area contributed by atoms with E-state index in [0.717, 1.165) is 12.2 Å². The van der Waals surface area contributed by atoms with E-state index in [4.69, 9.17) is 4.74 Å². The molecule has 19 heavy (non-hydrogen) atoms. The van der Waals surface area contributed by atoms with Gasteiger partial charge in [0.1, 0.15) is 5.75 Å². The van der Waals surface area contributed by atoms with Gasteiger partial charge in [-0.05, 0) is 37.2 Å². The summed E-state index contributed by atoms with van der Waals surface area (Å²) >= 11 is 0. The summed E-state index contributed by atoms with van der Waals surface area (Å²) in [4.78, 5) is 4.62. The Labute approximate surface area is 114 Å². The number of aliphatic hydroxyl groups excluding tert-OH is 1. The van der Waals surface area contributed by atoms with Crippen molar-refractivity contribution in [2.75, 3.05) is 32.7 Å². The smallest absolute Gasteiger partial charge is 0.119 e. The number of fused-ring (bicyclic) bond motifs is 3. The SMILES string of the molecule is COc1ccc2c(c1)[C@]1(C)C[C@@H](CO)N(C)[C@@H]1N2C. The van der Waals surface area contributed by atoms with Crippen molar-refractivity contribution in [1.82, 2.24) is 4.90 Å². The van der Waals surface area contributed by atoms with Crippen LogP contribution in [0.4, 0.5) is 5.69 Å². The van der Waals surface area contributed by atoms with Crippen molar-refractivity contribution < 1.29 is 9.84 Å². The molecule has 1 N–H and O–H groups in total. The summed E-state index contributed by atoms with van der Waals surface area (Å²) in [6.07, 6.45) is 1.29. The molecule has 0 bridgehead atoms. The maximum Gasteiger partial charge on any atom is 0.119 e. The zero-order valence-electron chi connectivity index (χ0n) is 12.1. The number of anilines is 1. The number of methoxy groups -OCH3 is 1. The summed E-state index contributed by atoms with van der Waals surface area (Å²) < 4.78 is 5.37. The fraction of sp³-hybridized carbons (Fsp3) is 0.600. The molecule has 1 aromatic carbocycles. The molecule has 2 aliphatic rings. The third-order valence-corrected chi connectivity index (χ3v) is 4.97. The van der Waals surface area contributed by atoms with Gasteiger partial charge in [-0.25, -0.2) is 0 Å². The average molecular weight is 262 g/mol. The summed E-state index contributed by atoms with van der Waals surface area (Å²) in [6, 6.07) is 6.54. The molecule has 1 saturated heterocycles. The Morgan fingerprint density at radius 2 is 2.16 bits per heavy atom. The van der Waals surface area contributed by atoms with E-state index in [-0.39, 0.29) is 18.1 Å². The lowest BCUT2D eigenvalue weighted by Gasteiger charge is -2.33. The first kappa shape index (κ1) is 12.8. The second kappa shape index (κ2) is 4.12. The van der Waals surface area contributed by atoms with Gasteiger partial charge in [0.25, 0.3) is 0 Å². The van der Waals surface area contributed by atoms with E-state index in [1.54, 1.807) is 7.11 Å². The van der Waals surface area contributed by atoms with Gasteiger partial charge in [0, 0.05) is 24.2 Å². The van der Waals surface area contributed by atoms with E-state index < -0.39 is 0 Å². The third kappa shape index (κ3) is 1.53. The fourth-order valence-electron chi connectivity index (χ4n) is 4.07. The molecule has 0 amide bonds. The Balaban J connectivity index is 2.11. The highest BCUT2D eigenvalue weighted by molar-refractivity contribution is 5.66. The number of hydrogen-bond acceptors (Lipinski definition) is 4. The van der Waals surface area contributed by atoms with Crippen LogP contribution in [0.2, 0.25) is 0 Å². The first-order chi connectivity index (χ1) is 9.02. The van der Waals surface area contributed by atoms with E-state index in [2.05, 4.69) is 43.0 Å². The van der Waals surface area contributed by atoms with E-state index in [1.165, 1.54) is 11.3 Å². The molecular weight excluding hydrogens is 240 g/mol. The monoisotopic (exact) mass is 262 g/mol. The Morgan fingerprint density at radius 1 is 1.42 bits per heavy atom. The molecule has 1 fully saturated rings. The van der Waals surface area contributed by atoms with Crippen LogP contribution < -0.4 is 9.64 Å². The lowest BCUT2D eigenvalue weighted by atomic mass is 9.80. The first-order valence-corrected chi connectivity index (χ1v) is 6.77. The van der Waals surface area contributed by atoms with Gasteiger partial charge < -0.3 is 14.7 Å². The summed E-state index contributed by atoms with van der Waals surface area (Å²) in [7, 11) is 5.95. The first-order valence-electron chi connectivity index (χ1n) is 6.77. The number of likely N-dealkylation sites (tertiary alicyclic amines) is 1. The topological polar surface area (TPSA) is 35.9 Å². The van der Waals surface area contributed by atoms with Gasteiger partial charge in [0.15, 0.2) is 0 Å². The number of likely N-dealkylation sites (N-methyl/N-ethyl adjacent to an activating group) is 2. The predicted molar refractivity (Wildman–Crippen MR) is 75.8 cm³/mol. The van der Waals surface area contributed by atoms with Gasteiger partial charge in [-0.1, -0.05) is 6.92 Å². The van der Waals surface area contributed by atoms with Crippen molar-refractivity contribution in [2.24, 2.45) is 0 Å². The largest absolute Gasteiger partial charge is 0.497 e. The molecule has 0 saturated carbocycles. The molecular formula is C15H22N2O2. The van der Waals surface area contributed by atoms with Crippen molar-refractivity contribution in [1.29, 1.82) is 0 Å². The van der Waals surface area contributed by atoms with Crippen molar-refractivity contribution in [3.8, 4) is 5.75 Å². The van der Waals surface area contributed by atoms with Crippen LogP contribution in [0.25, 0.3) is 0 Å². The number of rotatable bonds is 2. The molecule has 3 atom stereocenters. The zero-order valence-corrected chi connectivity index (χ0v) is 12.1. The Bertz CT molecular complexity index is 505. The highest BCUT2D eigenvalue weighted by atomic mass is 16.5. The number of ether oxygens (including phenoxy) is 1. The van der Waals surface area contributed by atoms with Crippen LogP contribution in [0.15, 0.2) is 18.2 Å². The van der Waals surface area contributed by atoms with Gasteiger partial charge in [0.05, 0.1) is 19.9 Å². The highest BCUT2D eigenvalue weighted by Gasteiger charge is 2.55. The lowest BCUT2D eigenvalue weighted by molar-refractivity contribution is 0.153. The molecule has 2 heterocycles. The average Bonchev–Trinajstić information content (AvgIpc) is 2.80. The minimum atomic E-state index is 0.0563.